The molecule has 44 heavy (non-hydrogen) atoms. The van der Waals surface area contributed by atoms with Gasteiger partial charge in [-0.05, 0) is 66.4 Å². The lowest BCUT2D eigenvalue weighted by atomic mass is 10.0. The molecule has 1 atom stereocenters. The highest BCUT2D eigenvalue weighted by Crippen LogP contribution is 2.31. The summed E-state index contributed by atoms with van der Waals surface area (Å²) < 4.78 is 29.3. The first-order valence-electron chi connectivity index (χ1n) is 14.3. The van der Waals surface area contributed by atoms with E-state index in [1.807, 2.05) is 37.3 Å². The molecule has 2 amide bonds. The van der Waals surface area contributed by atoms with Crippen LogP contribution in [0.4, 0.5) is 5.69 Å². The number of benzene rings is 4. The van der Waals surface area contributed by atoms with Crippen LogP contribution in [0.2, 0.25) is 10.0 Å². The Bertz CT molecular complexity index is 1670. The Labute approximate surface area is 269 Å². The highest BCUT2D eigenvalue weighted by molar-refractivity contribution is 7.92. The minimum Gasteiger partial charge on any atom is -0.354 e. The molecule has 0 aromatic heterocycles. The fourth-order valence-electron chi connectivity index (χ4n) is 4.81. The molecule has 0 saturated heterocycles. The summed E-state index contributed by atoms with van der Waals surface area (Å²) in [5.41, 5.74) is 2.38. The fourth-order valence-corrected chi connectivity index (χ4v) is 6.59. The number of anilines is 1. The molecule has 4 rings (SSSR count). The molecule has 0 heterocycles. The van der Waals surface area contributed by atoms with Crippen LogP contribution in [-0.4, -0.2) is 44.3 Å². The van der Waals surface area contributed by atoms with Gasteiger partial charge in [0.2, 0.25) is 11.8 Å². The molecule has 0 fully saturated rings. The summed E-state index contributed by atoms with van der Waals surface area (Å²) in [7, 11) is -4.21. The van der Waals surface area contributed by atoms with Crippen molar-refractivity contribution in [1.82, 2.24) is 10.2 Å². The first-order valence-corrected chi connectivity index (χ1v) is 16.5. The van der Waals surface area contributed by atoms with Crippen LogP contribution >= 0.6 is 23.2 Å². The van der Waals surface area contributed by atoms with Crippen molar-refractivity contribution >= 4 is 50.7 Å². The lowest BCUT2D eigenvalue weighted by molar-refractivity contribution is -0.140. The normalized spacial score (nSPS) is 11.9. The zero-order valence-electron chi connectivity index (χ0n) is 24.6. The Morgan fingerprint density at radius 2 is 1.45 bits per heavy atom. The van der Waals surface area contributed by atoms with Crippen LogP contribution in [-0.2, 0) is 32.6 Å². The van der Waals surface area contributed by atoms with E-state index in [4.69, 9.17) is 23.2 Å². The molecule has 0 aliphatic rings. The first-order chi connectivity index (χ1) is 21.1. The molecule has 230 valence electrons. The maximum Gasteiger partial charge on any atom is 0.264 e. The van der Waals surface area contributed by atoms with Gasteiger partial charge in [0.15, 0.2) is 0 Å². The molecule has 0 spiro atoms. The number of nitrogens with zero attached hydrogens (tertiary/aromatic N) is 2. The average Bonchev–Trinajstić information content (AvgIpc) is 3.03. The van der Waals surface area contributed by atoms with Crippen molar-refractivity contribution in [3.63, 3.8) is 0 Å². The molecule has 10 heteroatoms. The molecule has 0 radical (unpaired) electrons. The Hall–Kier alpha value is -3.85. The van der Waals surface area contributed by atoms with Gasteiger partial charge in [0.25, 0.3) is 10.0 Å². The number of amides is 2. The van der Waals surface area contributed by atoms with E-state index in [2.05, 4.69) is 5.32 Å². The third-order valence-electron chi connectivity index (χ3n) is 7.20. The smallest absolute Gasteiger partial charge is 0.264 e. The molecule has 0 saturated carbocycles. The van der Waals surface area contributed by atoms with Gasteiger partial charge in [-0.2, -0.15) is 0 Å². The highest BCUT2D eigenvalue weighted by atomic mass is 35.5. The fraction of sp³-hybridized carbons (Fsp3) is 0.235. The number of rotatable bonds is 13. The van der Waals surface area contributed by atoms with Gasteiger partial charge < -0.3 is 10.2 Å². The first kappa shape index (κ1) is 33.1. The summed E-state index contributed by atoms with van der Waals surface area (Å²) >= 11 is 12.6. The number of sulfonamides is 1. The number of carbonyl (C=O) groups is 2. The summed E-state index contributed by atoms with van der Waals surface area (Å²) in [5.74, 6) is -0.874. The lowest BCUT2D eigenvalue weighted by Crippen LogP contribution is -2.53. The van der Waals surface area contributed by atoms with Gasteiger partial charge in [-0.25, -0.2) is 8.42 Å². The van der Waals surface area contributed by atoms with Crippen molar-refractivity contribution in [2.45, 2.75) is 44.2 Å². The average molecular weight is 653 g/mol. The van der Waals surface area contributed by atoms with Crippen LogP contribution in [0.15, 0.2) is 108 Å². The van der Waals surface area contributed by atoms with Crippen molar-refractivity contribution in [2.75, 3.05) is 17.4 Å². The van der Waals surface area contributed by atoms with Crippen LogP contribution in [0.25, 0.3) is 0 Å². The Morgan fingerprint density at radius 3 is 2.09 bits per heavy atom. The third kappa shape index (κ3) is 8.20. The van der Waals surface area contributed by atoms with Crippen LogP contribution in [0.5, 0.6) is 0 Å². The molecular formula is C34H35Cl2N3O4S. The summed E-state index contributed by atoms with van der Waals surface area (Å²) in [6.45, 7) is 3.59. The minimum absolute atomic E-state index is 0.0259. The van der Waals surface area contributed by atoms with Crippen molar-refractivity contribution in [3.05, 3.63) is 130 Å². The Balaban J connectivity index is 1.81. The molecule has 0 bridgehead atoms. The number of hydrogen-bond donors (Lipinski definition) is 1. The maximum atomic E-state index is 14.5. The molecular weight excluding hydrogens is 617 g/mol. The zero-order chi connectivity index (χ0) is 31.7. The summed E-state index contributed by atoms with van der Waals surface area (Å²) in [6.07, 6.45) is 0.948. The number of carbonyl (C=O) groups excluding carboxylic acids is 2. The van der Waals surface area contributed by atoms with E-state index >= 15 is 0 Å². The van der Waals surface area contributed by atoms with Gasteiger partial charge in [0.05, 0.1) is 10.6 Å². The van der Waals surface area contributed by atoms with Gasteiger partial charge in [0, 0.05) is 29.6 Å². The number of hydrogen-bond acceptors (Lipinski definition) is 4. The molecule has 4 aromatic carbocycles. The topological polar surface area (TPSA) is 86.8 Å². The van der Waals surface area contributed by atoms with E-state index in [0.29, 0.717) is 28.6 Å². The minimum atomic E-state index is -4.21. The van der Waals surface area contributed by atoms with Crippen molar-refractivity contribution < 1.29 is 18.0 Å². The summed E-state index contributed by atoms with van der Waals surface area (Å²) in [5, 5.41) is 3.83. The monoisotopic (exact) mass is 651 g/mol. The molecule has 4 aromatic rings. The van der Waals surface area contributed by atoms with Crippen molar-refractivity contribution in [3.8, 4) is 0 Å². The summed E-state index contributed by atoms with van der Waals surface area (Å²) in [6, 6.07) is 28.3. The van der Waals surface area contributed by atoms with Crippen LogP contribution < -0.4 is 9.62 Å². The third-order valence-corrected chi connectivity index (χ3v) is 9.64. The second kappa shape index (κ2) is 15.2. The van der Waals surface area contributed by atoms with Gasteiger partial charge in [-0.3, -0.25) is 13.9 Å². The molecule has 0 aliphatic carbocycles. The van der Waals surface area contributed by atoms with E-state index in [0.717, 1.165) is 15.4 Å². The van der Waals surface area contributed by atoms with Gasteiger partial charge >= 0.3 is 0 Å². The van der Waals surface area contributed by atoms with Crippen LogP contribution in [0.3, 0.4) is 0 Å². The molecule has 0 unspecified atom stereocenters. The molecule has 7 nitrogen and oxygen atoms in total. The predicted molar refractivity (Wildman–Crippen MR) is 176 cm³/mol. The SMILES string of the molecule is CCCNC(=O)[C@H](Cc1ccccc1)N(Cc1ccc(Cl)cc1)C(=O)CN(c1cccc(Cl)c1C)S(=O)(=O)c1ccccc1. The van der Waals surface area contributed by atoms with Crippen LogP contribution in [0.1, 0.15) is 30.0 Å². The van der Waals surface area contributed by atoms with Crippen molar-refractivity contribution in [1.29, 1.82) is 0 Å². The number of halogens is 2. The lowest BCUT2D eigenvalue weighted by Gasteiger charge is -2.34. The van der Waals surface area contributed by atoms with E-state index in [-0.39, 0.29) is 29.5 Å². The van der Waals surface area contributed by atoms with Crippen LogP contribution in [0, 0.1) is 6.92 Å². The zero-order valence-corrected chi connectivity index (χ0v) is 26.9. The number of nitrogens with one attached hydrogen (secondary N) is 1. The van der Waals surface area contributed by atoms with E-state index in [1.54, 1.807) is 67.6 Å². The van der Waals surface area contributed by atoms with E-state index in [9.17, 15) is 18.0 Å². The van der Waals surface area contributed by atoms with Gasteiger partial charge in [0.1, 0.15) is 12.6 Å². The second-order valence-electron chi connectivity index (χ2n) is 10.4. The quantitative estimate of drug-likeness (QED) is 0.175. The highest BCUT2D eigenvalue weighted by Gasteiger charge is 2.35. The molecule has 1 N–H and O–H groups in total. The Kier molecular flexibility index (Phi) is 11.4. The predicted octanol–water partition coefficient (Wildman–Crippen LogP) is 6.66. The Morgan fingerprint density at radius 1 is 0.818 bits per heavy atom. The molecule has 0 aliphatic heterocycles. The van der Waals surface area contributed by atoms with E-state index < -0.39 is 28.5 Å². The summed E-state index contributed by atoms with van der Waals surface area (Å²) in [4.78, 5) is 29.6. The standard InChI is InChI=1S/C34H35Cl2N3O4S/c1-3-21-37-34(41)32(22-26-11-6-4-7-12-26)38(23-27-17-19-28(35)20-18-27)33(40)24-39(31-16-10-15-30(36)25(31)2)44(42,43)29-13-8-5-9-14-29/h4-20,32H,3,21-24H2,1-2H3,(H,37,41)/t32-/m0/s1. The largest absolute Gasteiger partial charge is 0.354 e. The second-order valence-corrected chi connectivity index (χ2v) is 13.1. The van der Waals surface area contributed by atoms with E-state index in [1.165, 1.54) is 17.0 Å². The maximum absolute atomic E-state index is 14.5. The van der Waals surface area contributed by atoms with Gasteiger partial charge in [-0.1, -0.05) is 96.9 Å². The van der Waals surface area contributed by atoms with Crippen molar-refractivity contribution in [2.24, 2.45) is 0 Å². The van der Waals surface area contributed by atoms with Gasteiger partial charge in [-0.15, -0.1) is 0 Å².